The highest BCUT2D eigenvalue weighted by molar-refractivity contribution is 9.09. The van der Waals surface area contributed by atoms with Crippen molar-refractivity contribution in [2.45, 2.75) is 18.7 Å². The maximum absolute atomic E-state index is 3.52. The minimum Gasteiger partial charge on any atom is -0.0842 e. The summed E-state index contributed by atoms with van der Waals surface area (Å²) in [5.74, 6) is 0. The van der Waals surface area contributed by atoms with Crippen LogP contribution < -0.4 is 0 Å². The minimum atomic E-state index is 0.465. The summed E-state index contributed by atoms with van der Waals surface area (Å²) in [5.41, 5.74) is 2.67. The molecule has 0 saturated heterocycles. The number of rotatable bonds is 1. The molecular formula is C9H11Br. The number of alkyl halides is 1. The second kappa shape index (κ2) is 3.20. The van der Waals surface area contributed by atoms with E-state index in [4.69, 9.17) is 0 Å². The van der Waals surface area contributed by atoms with Crippen LogP contribution in [0.1, 0.15) is 22.9 Å². The lowest BCUT2D eigenvalue weighted by atomic mass is 10.1. The SMILES string of the molecule is Cc1cccc([C@@H](C)Br)c1. The second-order valence-electron chi connectivity index (χ2n) is 2.53. The molecule has 0 unspecified atom stereocenters. The van der Waals surface area contributed by atoms with Crippen LogP contribution in [0.25, 0.3) is 0 Å². The fourth-order valence-corrected chi connectivity index (χ4v) is 1.20. The van der Waals surface area contributed by atoms with Crippen LogP contribution in [0.4, 0.5) is 0 Å². The zero-order valence-electron chi connectivity index (χ0n) is 6.26. The molecule has 1 aromatic carbocycles. The summed E-state index contributed by atoms with van der Waals surface area (Å²) in [7, 11) is 0. The molecule has 0 radical (unpaired) electrons. The zero-order valence-corrected chi connectivity index (χ0v) is 7.85. The normalized spacial score (nSPS) is 13.1. The smallest absolute Gasteiger partial charge is 0.0367 e. The van der Waals surface area contributed by atoms with E-state index in [-0.39, 0.29) is 0 Å². The van der Waals surface area contributed by atoms with Gasteiger partial charge in [-0.05, 0) is 19.4 Å². The van der Waals surface area contributed by atoms with E-state index in [0.717, 1.165) is 0 Å². The van der Waals surface area contributed by atoms with Gasteiger partial charge in [-0.1, -0.05) is 45.8 Å². The van der Waals surface area contributed by atoms with Crippen LogP contribution in [0, 0.1) is 6.92 Å². The molecule has 0 aliphatic rings. The summed E-state index contributed by atoms with van der Waals surface area (Å²) in [4.78, 5) is 0.465. The standard InChI is InChI=1S/C9H11Br/c1-7-4-3-5-9(6-7)8(2)10/h3-6,8H,1-2H3/t8-/m1/s1. The molecule has 1 aromatic rings. The van der Waals surface area contributed by atoms with E-state index in [9.17, 15) is 0 Å². The summed E-state index contributed by atoms with van der Waals surface area (Å²) >= 11 is 3.52. The van der Waals surface area contributed by atoms with Crippen LogP contribution in [-0.4, -0.2) is 0 Å². The van der Waals surface area contributed by atoms with Gasteiger partial charge in [0.15, 0.2) is 0 Å². The first-order valence-electron chi connectivity index (χ1n) is 3.41. The third-order valence-corrected chi connectivity index (χ3v) is 2.03. The largest absolute Gasteiger partial charge is 0.0842 e. The van der Waals surface area contributed by atoms with E-state index in [1.165, 1.54) is 11.1 Å². The van der Waals surface area contributed by atoms with E-state index in [1.54, 1.807) is 0 Å². The van der Waals surface area contributed by atoms with Crippen LogP contribution in [0.2, 0.25) is 0 Å². The van der Waals surface area contributed by atoms with Crippen molar-refractivity contribution in [1.29, 1.82) is 0 Å². The predicted molar refractivity (Wildman–Crippen MR) is 48.5 cm³/mol. The first-order chi connectivity index (χ1) is 4.70. The molecule has 10 heavy (non-hydrogen) atoms. The molecular weight excluding hydrogens is 188 g/mol. The van der Waals surface area contributed by atoms with Crippen molar-refractivity contribution in [3.05, 3.63) is 35.4 Å². The van der Waals surface area contributed by atoms with Gasteiger partial charge in [0.25, 0.3) is 0 Å². The van der Waals surface area contributed by atoms with Gasteiger partial charge in [0.2, 0.25) is 0 Å². The molecule has 0 heterocycles. The van der Waals surface area contributed by atoms with Crippen LogP contribution >= 0.6 is 15.9 Å². The van der Waals surface area contributed by atoms with Gasteiger partial charge in [-0.25, -0.2) is 0 Å². The summed E-state index contributed by atoms with van der Waals surface area (Å²) in [5, 5.41) is 0. The molecule has 0 fully saturated rings. The van der Waals surface area contributed by atoms with Gasteiger partial charge < -0.3 is 0 Å². The Morgan fingerprint density at radius 1 is 1.40 bits per heavy atom. The van der Waals surface area contributed by atoms with Crippen LogP contribution in [-0.2, 0) is 0 Å². The predicted octanol–water partition coefficient (Wildman–Crippen LogP) is 3.45. The lowest BCUT2D eigenvalue weighted by Gasteiger charge is -2.02. The summed E-state index contributed by atoms with van der Waals surface area (Å²) < 4.78 is 0. The van der Waals surface area contributed by atoms with Crippen molar-refractivity contribution in [3.63, 3.8) is 0 Å². The van der Waals surface area contributed by atoms with Crippen molar-refractivity contribution in [1.82, 2.24) is 0 Å². The molecule has 0 spiro atoms. The van der Waals surface area contributed by atoms with Gasteiger partial charge in [0.1, 0.15) is 0 Å². The van der Waals surface area contributed by atoms with Crippen LogP contribution in [0.15, 0.2) is 24.3 Å². The third kappa shape index (κ3) is 1.84. The molecule has 1 heteroatoms. The molecule has 0 aliphatic heterocycles. The highest BCUT2D eigenvalue weighted by Crippen LogP contribution is 2.21. The fraction of sp³-hybridized carbons (Fsp3) is 0.333. The first-order valence-corrected chi connectivity index (χ1v) is 4.32. The van der Waals surface area contributed by atoms with Gasteiger partial charge in [-0.3, -0.25) is 0 Å². The minimum absolute atomic E-state index is 0.465. The Bertz CT molecular complexity index is 216. The summed E-state index contributed by atoms with van der Waals surface area (Å²) in [6.45, 7) is 4.24. The fourth-order valence-electron chi connectivity index (χ4n) is 0.918. The van der Waals surface area contributed by atoms with E-state index in [0.29, 0.717) is 4.83 Å². The van der Waals surface area contributed by atoms with Gasteiger partial charge in [-0.2, -0.15) is 0 Å². The number of hydrogen-bond donors (Lipinski definition) is 0. The van der Waals surface area contributed by atoms with Gasteiger partial charge >= 0.3 is 0 Å². The van der Waals surface area contributed by atoms with Crippen molar-refractivity contribution >= 4 is 15.9 Å². The van der Waals surface area contributed by atoms with Crippen molar-refractivity contribution in [2.24, 2.45) is 0 Å². The first kappa shape index (κ1) is 7.80. The summed E-state index contributed by atoms with van der Waals surface area (Å²) in [6.07, 6.45) is 0. The Kier molecular flexibility index (Phi) is 2.50. The van der Waals surface area contributed by atoms with E-state index in [1.807, 2.05) is 0 Å². The van der Waals surface area contributed by atoms with Crippen molar-refractivity contribution < 1.29 is 0 Å². The Labute approximate surface area is 70.4 Å². The van der Waals surface area contributed by atoms with E-state index < -0.39 is 0 Å². The maximum Gasteiger partial charge on any atom is 0.0367 e. The number of halogens is 1. The lowest BCUT2D eigenvalue weighted by Crippen LogP contribution is -1.82. The van der Waals surface area contributed by atoms with Gasteiger partial charge in [0, 0.05) is 4.83 Å². The van der Waals surface area contributed by atoms with Crippen LogP contribution in [0.3, 0.4) is 0 Å². The third-order valence-electron chi connectivity index (χ3n) is 1.50. The topological polar surface area (TPSA) is 0 Å². The lowest BCUT2D eigenvalue weighted by molar-refractivity contribution is 1.12. The molecule has 0 aliphatic carbocycles. The molecule has 0 amide bonds. The summed E-state index contributed by atoms with van der Waals surface area (Å²) in [6, 6.07) is 8.52. The second-order valence-corrected chi connectivity index (χ2v) is 3.90. The number of benzene rings is 1. The Hall–Kier alpha value is -0.300. The Morgan fingerprint density at radius 3 is 2.50 bits per heavy atom. The monoisotopic (exact) mass is 198 g/mol. The quantitative estimate of drug-likeness (QED) is 0.607. The number of hydrogen-bond acceptors (Lipinski definition) is 0. The molecule has 0 bridgehead atoms. The molecule has 0 aromatic heterocycles. The van der Waals surface area contributed by atoms with Crippen molar-refractivity contribution in [2.75, 3.05) is 0 Å². The molecule has 1 rings (SSSR count). The molecule has 0 saturated carbocycles. The zero-order chi connectivity index (χ0) is 7.56. The van der Waals surface area contributed by atoms with E-state index in [2.05, 4.69) is 54.0 Å². The molecule has 1 atom stereocenters. The van der Waals surface area contributed by atoms with E-state index >= 15 is 0 Å². The average molecular weight is 199 g/mol. The Balaban J connectivity index is 2.96. The van der Waals surface area contributed by atoms with Gasteiger partial charge in [-0.15, -0.1) is 0 Å². The average Bonchev–Trinajstić information content (AvgIpc) is 1.88. The molecule has 0 nitrogen and oxygen atoms in total. The molecule has 0 N–H and O–H groups in total. The highest BCUT2D eigenvalue weighted by atomic mass is 79.9. The molecule has 54 valence electrons. The van der Waals surface area contributed by atoms with Crippen LogP contribution in [0.5, 0.6) is 0 Å². The maximum atomic E-state index is 3.52. The highest BCUT2D eigenvalue weighted by Gasteiger charge is 1.97. The van der Waals surface area contributed by atoms with Crippen molar-refractivity contribution in [3.8, 4) is 0 Å². The number of aryl methyl sites for hydroxylation is 1. The van der Waals surface area contributed by atoms with Gasteiger partial charge in [0.05, 0.1) is 0 Å². The Morgan fingerprint density at radius 2 is 2.10 bits per heavy atom.